The quantitative estimate of drug-likeness (QED) is 0.627. The van der Waals surface area contributed by atoms with E-state index in [1.807, 2.05) is 20.8 Å². The molecule has 0 saturated heterocycles. The molecule has 0 unspecified atom stereocenters. The Balaban J connectivity index is 2.98. The van der Waals surface area contributed by atoms with E-state index in [-0.39, 0.29) is 11.9 Å². The van der Waals surface area contributed by atoms with E-state index in [0.717, 1.165) is 5.70 Å². The van der Waals surface area contributed by atoms with E-state index in [1.54, 1.807) is 17.2 Å². The number of aliphatic imine (C=N–C) groups is 1. The Kier molecular flexibility index (Phi) is 3.23. The third-order valence-corrected chi connectivity index (χ3v) is 2.23. The monoisotopic (exact) mass is 192 g/mol. The molecule has 0 bridgehead atoms. The first kappa shape index (κ1) is 10.7. The van der Waals surface area contributed by atoms with Crippen molar-refractivity contribution in [3.63, 3.8) is 0 Å². The number of rotatable bonds is 3. The standard InChI is InChI=1S/C11H16N2O/c1-5-9-10(12-6-2)7-13(8(3)4)11(9)14/h5-6,8H,1,7H2,2-4H3. The highest BCUT2D eigenvalue weighted by Crippen LogP contribution is 2.22. The molecule has 14 heavy (non-hydrogen) atoms. The first-order valence-corrected chi connectivity index (χ1v) is 4.77. The molecule has 1 aliphatic rings. The van der Waals surface area contributed by atoms with Crippen molar-refractivity contribution in [3.8, 4) is 0 Å². The number of hydrogen-bond acceptors (Lipinski definition) is 2. The van der Waals surface area contributed by atoms with Crippen LogP contribution in [0.25, 0.3) is 0 Å². The molecule has 0 spiro atoms. The Labute approximate surface area is 84.8 Å². The lowest BCUT2D eigenvalue weighted by Gasteiger charge is -2.20. The summed E-state index contributed by atoms with van der Waals surface area (Å²) in [6.07, 6.45) is 3.29. The second kappa shape index (κ2) is 4.22. The van der Waals surface area contributed by atoms with Crippen LogP contribution in [0.2, 0.25) is 0 Å². The molecule has 76 valence electrons. The maximum absolute atomic E-state index is 11.8. The molecular weight excluding hydrogens is 176 g/mol. The highest BCUT2D eigenvalue weighted by molar-refractivity contribution is 5.99. The molecule has 3 heteroatoms. The van der Waals surface area contributed by atoms with Gasteiger partial charge in [-0.3, -0.25) is 9.79 Å². The summed E-state index contributed by atoms with van der Waals surface area (Å²) in [6, 6.07) is 0.210. The summed E-state index contributed by atoms with van der Waals surface area (Å²) in [7, 11) is 0. The van der Waals surface area contributed by atoms with Crippen LogP contribution < -0.4 is 0 Å². The summed E-state index contributed by atoms with van der Waals surface area (Å²) in [6.45, 7) is 10.1. The molecule has 0 radical (unpaired) electrons. The number of amides is 1. The third kappa shape index (κ3) is 1.76. The molecule has 0 aliphatic carbocycles. The summed E-state index contributed by atoms with van der Waals surface area (Å²) in [5, 5.41) is 0. The highest BCUT2D eigenvalue weighted by Gasteiger charge is 2.29. The van der Waals surface area contributed by atoms with Gasteiger partial charge in [-0.15, -0.1) is 0 Å². The third-order valence-electron chi connectivity index (χ3n) is 2.23. The van der Waals surface area contributed by atoms with Crippen molar-refractivity contribution in [2.45, 2.75) is 26.8 Å². The zero-order chi connectivity index (χ0) is 10.7. The van der Waals surface area contributed by atoms with Gasteiger partial charge in [0.15, 0.2) is 0 Å². The van der Waals surface area contributed by atoms with Gasteiger partial charge in [0.25, 0.3) is 5.91 Å². The van der Waals surface area contributed by atoms with Crippen molar-refractivity contribution < 1.29 is 4.79 Å². The van der Waals surface area contributed by atoms with Gasteiger partial charge >= 0.3 is 0 Å². The topological polar surface area (TPSA) is 32.7 Å². The molecule has 1 heterocycles. The molecule has 1 aliphatic heterocycles. The SMILES string of the molecule is C=CC1=C(N=CC)CN(C(C)C)C1=O. The van der Waals surface area contributed by atoms with E-state index in [0.29, 0.717) is 12.1 Å². The highest BCUT2D eigenvalue weighted by atomic mass is 16.2. The molecule has 0 N–H and O–H groups in total. The molecule has 1 rings (SSSR count). The first-order valence-electron chi connectivity index (χ1n) is 4.77. The minimum atomic E-state index is 0.0376. The van der Waals surface area contributed by atoms with E-state index >= 15 is 0 Å². The van der Waals surface area contributed by atoms with Gasteiger partial charge in [0, 0.05) is 12.3 Å². The lowest BCUT2D eigenvalue weighted by atomic mass is 10.2. The van der Waals surface area contributed by atoms with Gasteiger partial charge < -0.3 is 4.90 Å². The molecule has 0 aromatic carbocycles. The van der Waals surface area contributed by atoms with Gasteiger partial charge in [-0.25, -0.2) is 0 Å². The average Bonchev–Trinajstić information content (AvgIpc) is 2.43. The molecule has 3 nitrogen and oxygen atoms in total. The van der Waals surface area contributed by atoms with Crippen molar-refractivity contribution in [2.75, 3.05) is 6.54 Å². The predicted octanol–water partition coefficient (Wildman–Crippen LogP) is 1.77. The Morgan fingerprint density at radius 2 is 2.21 bits per heavy atom. The number of carbonyl (C=O) groups is 1. The Hall–Kier alpha value is -1.38. The molecule has 0 fully saturated rings. The zero-order valence-electron chi connectivity index (χ0n) is 8.95. The van der Waals surface area contributed by atoms with E-state index in [9.17, 15) is 4.79 Å². The van der Waals surface area contributed by atoms with Crippen molar-refractivity contribution in [1.82, 2.24) is 4.90 Å². The zero-order valence-corrected chi connectivity index (χ0v) is 8.95. The van der Waals surface area contributed by atoms with Crippen molar-refractivity contribution >= 4 is 12.1 Å². The van der Waals surface area contributed by atoms with Crippen LogP contribution in [0.4, 0.5) is 0 Å². The van der Waals surface area contributed by atoms with Gasteiger partial charge in [-0.05, 0) is 20.8 Å². The summed E-state index contributed by atoms with van der Waals surface area (Å²) in [5.74, 6) is 0.0376. The van der Waals surface area contributed by atoms with E-state index < -0.39 is 0 Å². The molecule has 1 amide bonds. The van der Waals surface area contributed by atoms with E-state index in [4.69, 9.17) is 0 Å². The van der Waals surface area contributed by atoms with Crippen LogP contribution in [-0.2, 0) is 4.79 Å². The molecule has 0 aromatic heterocycles. The fraction of sp³-hybridized carbons (Fsp3) is 0.455. The lowest BCUT2D eigenvalue weighted by Crippen LogP contribution is -2.33. The summed E-state index contributed by atoms with van der Waals surface area (Å²) in [5.41, 5.74) is 1.46. The van der Waals surface area contributed by atoms with Gasteiger partial charge in [0.1, 0.15) is 0 Å². The van der Waals surface area contributed by atoms with Crippen LogP contribution in [0, 0.1) is 0 Å². The Morgan fingerprint density at radius 3 is 2.64 bits per heavy atom. The van der Waals surface area contributed by atoms with Gasteiger partial charge in [0.05, 0.1) is 17.8 Å². The van der Waals surface area contributed by atoms with E-state index in [1.165, 1.54) is 0 Å². The van der Waals surface area contributed by atoms with Crippen LogP contribution >= 0.6 is 0 Å². The lowest BCUT2D eigenvalue weighted by molar-refractivity contribution is -0.126. The predicted molar refractivity (Wildman–Crippen MR) is 58.2 cm³/mol. The molecule has 0 saturated carbocycles. The summed E-state index contributed by atoms with van der Waals surface area (Å²) < 4.78 is 0. The van der Waals surface area contributed by atoms with Crippen LogP contribution in [0.5, 0.6) is 0 Å². The minimum absolute atomic E-state index is 0.0376. The largest absolute Gasteiger partial charge is 0.330 e. The van der Waals surface area contributed by atoms with Crippen molar-refractivity contribution in [1.29, 1.82) is 0 Å². The van der Waals surface area contributed by atoms with E-state index in [2.05, 4.69) is 11.6 Å². The summed E-state index contributed by atoms with van der Waals surface area (Å²) in [4.78, 5) is 17.8. The van der Waals surface area contributed by atoms with Gasteiger partial charge in [-0.1, -0.05) is 12.7 Å². The normalized spacial score (nSPS) is 17.7. The summed E-state index contributed by atoms with van der Waals surface area (Å²) >= 11 is 0. The van der Waals surface area contributed by atoms with Crippen LogP contribution in [-0.4, -0.2) is 29.6 Å². The fourth-order valence-electron chi connectivity index (χ4n) is 1.48. The second-order valence-electron chi connectivity index (χ2n) is 3.48. The second-order valence-corrected chi connectivity index (χ2v) is 3.48. The van der Waals surface area contributed by atoms with Gasteiger partial charge in [0.2, 0.25) is 0 Å². The maximum Gasteiger partial charge on any atom is 0.256 e. The first-order chi connectivity index (χ1) is 6.61. The molecular formula is C11H16N2O. The smallest absolute Gasteiger partial charge is 0.256 e. The minimum Gasteiger partial charge on any atom is -0.330 e. The van der Waals surface area contributed by atoms with Crippen LogP contribution in [0.15, 0.2) is 28.9 Å². The molecule has 0 atom stereocenters. The maximum atomic E-state index is 11.8. The van der Waals surface area contributed by atoms with Gasteiger partial charge in [-0.2, -0.15) is 0 Å². The number of hydrogen-bond donors (Lipinski definition) is 0. The van der Waals surface area contributed by atoms with Crippen LogP contribution in [0.1, 0.15) is 20.8 Å². The Morgan fingerprint density at radius 1 is 1.57 bits per heavy atom. The fourth-order valence-corrected chi connectivity index (χ4v) is 1.48. The number of carbonyl (C=O) groups excluding carboxylic acids is 1. The molecule has 0 aromatic rings. The Bertz CT molecular complexity index is 313. The number of nitrogens with zero attached hydrogens (tertiary/aromatic N) is 2. The average molecular weight is 192 g/mol. The van der Waals surface area contributed by atoms with Crippen molar-refractivity contribution in [3.05, 3.63) is 23.9 Å². The van der Waals surface area contributed by atoms with Crippen molar-refractivity contribution in [2.24, 2.45) is 4.99 Å². The van der Waals surface area contributed by atoms with Crippen LogP contribution in [0.3, 0.4) is 0 Å².